The molecule has 4 rings (SSSR count). The number of hydrogen-bond donors (Lipinski definition) is 0. The van der Waals surface area contributed by atoms with Gasteiger partial charge in [0.25, 0.3) is 5.91 Å². The highest BCUT2D eigenvalue weighted by Gasteiger charge is 2.52. The molecule has 0 N–H and O–H groups in total. The number of likely N-dealkylation sites (tertiary alicyclic amines) is 1. The van der Waals surface area contributed by atoms with Gasteiger partial charge in [-0.15, -0.1) is 0 Å². The number of amides is 1. The third-order valence-corrected chi connectivity index (χ3v) is 5.70. The molecule has 0 radical (unpaired) electrons. The predicted molar refractivity (Wildman–Crippen MR) is 87.6 cm³/mol. The van der Waals surface area contributed by atoms with E-state index in [4.69, 9.17) is 14.7 Å². The van der Waals surface area contributed by atoms with Crippen LogP contribution in [-0.4, -0.2) is 48.9 Å². The van der Waals surface area contributed by atoms with E-state index in [0.29, 0.717) is 50.5 Å². The van der Waals surface area contributed by atoms with E-state index in [1.165, 1.54) is 0 Å². The van der Waals surface area contributed by atoms with Crippen molar-refractivity contribution in [1.82, 2.24) is 4.90 Å². The number of carbonyl (C=O) groups is 1. The smallest absolute Gasteiger partial charge is 0.260 e. The summed E-state index contributed by atoms with van der Waals surface area (Å²) >= 11 is 0. The number of carbonyl (C=O) groups excluding carboxylic acids is 1. The van der Waals surface area contributed by atoms with Crippen molar-refractivity contribution in [2.24, 2.45) is 11.8 Å². The van der Waals surface area contributed by atoms with Crippen LogP contribution in [0.4, 0.5) is 4.39 Å². The Morgan fingerprint density at radius 1 is 1.36 bits per heavy atom. The minimum atomic E-state index is -1.63. The van der Waals surface area contributed by atoms with Gasteiger partial charge in [0.05, 0.1) is 31.0 Å². The van der Waals surface area contributed by atoms with Crippen molar-refractivity contribution in [3.05, 3.63) is 29.8 Å². The quantitative estimate of drug-likeness (QED) is 0.841. The van der Waals surface area contributed by atoms with E-state index in [1.807, 2.05) is 0 Å². The van der Waals surface area contributed by atoms with Crippen LogP contribution in [-0.2, 0) is 9.53 Å². The Morgan fingerprint density at radius 2 is 2.12 bits per heavy atom. The highest BCUT2D eigenvalue weighted by Crippen LogP contribution is 2.41. The second-order valence-corrected chi connectivity index (χ2v) is 7.27. The van der Waals surface area contributed by atoms with Crippen molar-refractivity contribution in [1.29, 1.82) is 5.26 Å². The molecule has 1 aliphatic carbocycles. The van der Waals surface area contributed by atoms with Crippen LogP contribution in [0.3, 0.4) is 0 Å². The first kappa shape index (κ1) is 16.3. The van der Waals surface area contributed by atoms with Gasteiger partial charge >= 0.3 is 0 Å². The third kappa shape index (κ3) is 2.98. The van der Waals surface area contributed by atoms with Gasteiger partial charge in [-0.25, -0.2) is 4.39 Å². The number of rotatable bonds is 4. The van der Waals surface area contributed by atoms with Crippen molar-refractivity contribution in [3.8, 4) is 11.8 Å². The molecule has 0 bridgehead atoms. The number of benzene rings is 1. The fourth-order valence-corrected chi connectivity index (χ4v) is 3.95. The number of nitrogens with zero attached hydrogens (tertiary/aromatic N) is 2. The minimum absolute atomic E-state index is 0.0119. The molecule has 3 aliphatic rings. The van der Waals surface area contributed by atoms with E-state index in [2.05, 4.69) is 6.07 Å². The monoisotopic (exact) mass is 344 g/mol. The van der Waals surface area contributed by atoms with E-state index < -0.39 is 5.67 Å². The summed E-state index contributed by atoms with van der Waals surface area (Å²) in [6.45, 7) is 2.14. The molecule has 2 heterocycles. The average Bonchev–Trinajstić information content (AvgIpc) is 3.18. The Hall–Kier alpha value is -2.13. The lowest BCUT2D eigenvalue weighted by atomic mass is 9.81. The van der Waals surface area contributed by atoms with Crippen molar-refractivity contribution in [2.75, 3.05) is 26.3 Å². The lowest BCUT2D eigenvalue weighted by Gasteiger charge is -2.35. The van der Waals surface area contributed by atoms with E-state index in [9.17, 15) is 9.18 Å². The predicted octanol–water partition coefficient (Wildman–Crippen LogP) is 2.30. The third-order valence-electron chi connectivity index (χ3n) is 5.70. The molecule has 3 atom stereocenters. The Labute approximate surface area is 146 Å². The summed E-state index contributed by atoms with van der Waals surface area (Å²) in [5, 5.41) is 8.82. The summed E-state index contributed by atoms with van der Waals surface area (Å²) in [6.07, 6.45) is 1.48. The second-order valence-electron chi connectivity index (χ2n) is 7.27. The molecule has 2 saturated heterocycles. The normalized spacial score (nSPS) is 29.6. The van der Waals surface area contributed by atoms with Crippen LogP contribution < -0.4 is 4.74 Å². The van der Waals surface area contributed by atoms with Crippen LogP contribution in [0.2, 0.25) is 0 Å². The van der Waals surface area contributed by atoms with Gasteiger partial charge in [-0.3, -0.25) is 4.79 Å². The van der Waals surface area contributed by atoms with Gasteiger partial charge < -0.3 is 14.4 Å². The number of alkyl halides is 1. The summed E-state index contributed by atoms with van der Waals surface area (Å²) in [5.74, 6) is 0.746. The zero-order valence-electron chi connectivity index (χ0n) is 14.0. The number of ether oxygens (including phenoxy) is 2. The number of nitriles is 1. The molecular weight excluding hydrogens is 323 g/mol. The van der Waals surface area contributed by atoms with Gasteiger partial charge in [-0.2, -0.15) is 5.26 Å². The Bertz CT molecular complexity index is 696. The van der Waals surface area contributed by atoms with Crippen molar-refractivity contribution in [2.45, 2.75) is 31.0 Å². The summed E-state index contributed by atoms with van der Waals surface area (Å²) in [6, 6.07) is 9.07. The highest BCUT2D eigenvalue weighted by atomic mass is 19.1. The van der Waals surface area contributed by atoms with Crippen molar-refractivity contribution < 1.29 is 18.7 Å². The van der Waals surface area contributed by atoms with E-state index in [-0.39, 0.29) is 23.8 Å². The zero-order chi connectivity index (χ0) is 17.4. The standard InChI is InChI=1S/C19H21FN2O3/c20-19(6-1-7-19)18(23)22-9-16-14(12-25-17(16)10-22)11-24-15-4-2-13(8-21)3-5-15/h2-5,14,16-17H,1,6-7,9-12H2/t14-,16-,17-/m1/s1. The summed E-state index contributed by atoms with van der Waals surface area (Å²) in [5.41, 5.74) is -1.04. The fraction of sp³-hybridized carbons (Fsp3) is 0.579. The van der Waals surface area contributed by atoms with Crippen LogP contribution in [0.5, 0.6) is 5.75 Å². The van der Waals surface area contributed by atoms with Gasteiger partial charge in [0.2, 0.25) is 0 Å². The lowest BCUT2D eigenvalue weighted by Crippen LogP contribution is -2.50. The first-order valence-electron chi connectivity index (χ1n) is 8.82. The zero-order valence-corrected chi connectivity index (χ0v) is 14.0. The fourth-order valence-electron chi connectivity index (χ4n) is 3.95. The van der Waals surface area contributed by atoms with Crippen LogP contribution in [0.15, 0.2) is 24.3 Å². The molecule has 25 heavy (non-hydrogen) atoms. The second kappa shape index (κ2) is 6.30. The van der Waals surface area contributed by atoms with E-state index >= 15 is 0 Å². The van der Waals surface area contributed by atoms with Crippen LogP contribution in [0, 0.1) is 23.2 Å². The Kier molecular flexibility index (Phi) is 4.12. The molecule has 3 fully saturated rings. The van der Waals surface area contributed by atoms with Crippen LogP contribution in [0.1, 0.15) is 24.8 Å². The maximum absolute atomic E-state index is 14.4. The largest absolute Gasteiger partial charge is 0.493 e. The minimum Gasteiger partial charge on any atom is -0.493 e. The lowest BCUT2D eigenvalue weighted by molar-refractivity contribution is -0.149. The highest BCUT2D eigenvalue weighted by molar-refractivity contribution is 5.86. The Morgan fingerprint density at radius 3 is 2.76 bits per heavy atom. The first-order chi connectivity index (χ1) is 12.1. The molecule has 0 unspecified atom stereocenters. The molecule has 1 saturated carbocycles. The van der Waals surface area contributed by atoms with Gasteiger partial charge in [0, 0.05) is 24.9 Å². The van der Waals surface area contributed by atoms with Gasteiger partial charge in [-0.05, 0) is 43.5 Å². The maximum atomic E-state index is 14.4. The average molecular weight is 344 g/mol. The molecule has 0 spiro atoms. The van der Waals surface area contributed by atoms with E-state index in [0.717, 1.165) is 6.42 Å². The molecule has 132 valence electrons. The molecule has 1 aromatic rings. The number of fused-ring (bicyclic) bond motifs is 1. The SMILES string of the molecule is N#Cc1ccc(OC[C@@H]2CO[C@@H]3CN(C(=O)C4(F)CCC4)C[C@H]23)cc1. The summed E-state index contributed by atoms with van der Waals surface area (Å²) in [7, 11) is 0. The molecule has 1 aromatic carbocycles. The van der Waals surface area contributed by atoms with Crippen LogP contribution >= 0.6 is 0 Å². The topological polar surface area (TPSA) is 62.6 Å². The molecule has 6 heteroatoms. The molecular formula is C19H21FN2O3. The summed E-state index contributed by atoms with van der Waals surface area (Å²) in [4.78, 5) is 14.0. The molecule has 1 amide bonds. The summed E-state index contributed by atoms with van der Waals surface area (Å²) < 4.78 is 26.0. The van der Waals surface area contributed by atoms with Crippen LogP contribution in [0.25, 0.3) is 0 Å². The van der Waals surface area contributed by atoms with Gasteiger partial charge in [-0.1, -0.05) is 0 Å². The maximum Gasteiger partial charge on any atom is 0.260 e. The first-order valence-corrected chi connectivity index (χ1v) is 8.82. The van der Waals surface area contributed by atoms with E-state index in [1.54, 1.807) is 29.2 Å². The number of halogens is 1. The van der Waals surface area contributed by atoms with Crippen molar-refractivity contribution in [3.63, 3.8) is 0 Å². The molecule has 0 aromatic heterocycles. The Balaban J connectivity index is 1.34. The van der Waals surface area contributed by atoms with Gasteiger partial charge in [0.15, 0.2) is 5.67 Å². The molecule has 2 aliphatic heterocycles. The van der Waals surface area contributed by atoms with Crippen molar-refractivity contribution >= 4 is 5.91 Å². The van der Waals surface area contributed by atoms with Gasteiger partial charge in [0.1, 0.15) is 5.75 Å². The number of hydrogen-bond acceptors (Lipinski definition) is 4. The molecule has 5 nitrogen and oxygen atoms in total.